The van der Waals surface area contributed by atoms with E-state index in [4.69, 9.17) is 4.74 Å². The van der Waals surface area contributed by atoms with E-state index in [0.717, 1.165) is 32.2 Å². The smallest absolute Gasteiger partial charge is 0.244 e. The van der Waals surface area contributed by atoms with Gasteiger partial charge in [-0.2, -0.15) is 0 Å². The Morgan fingerprint density at radius 3 is 2.76 bits per heavy atom. The van der Waals surface area contributed by atoms with Crippen LogP contribution in [0.4, 0.5) is 0 Å². The van der Waals surface area contributed by atoms with Gasteiger partial charge in [0.2, 0.25) is 5.91 Å². The minimum Gasteiger partial charge on any atom is -0.383 e. The van der Waals surface area contributed by atoms with Gasteiger partial charge in [0.25, 0.3) is 0 Å². The molecule has 1 atom stereocenters. The number of nitrogens with one attached hydrogen (secondary N) is 1. The van der Waals surface area contributed by atoms with Crippen LogP contribution in [0.15, 0.2) is 0 Å². The number of methoxy groups -OCH3 is 1. The van der Waals surface area contributed by atoms with Gasteiger partial charge in [0.05, 0.1) is 18.3 Å². The molecule has 1 saturated heterocycles. The zero-order chi connectivity index (χ0) is 12.3. The first-order chi connectivity index (χ1) is 8.23. The van der Waals surface area contributed by atoms with Crippen LogP contribution in [0.2, 0.25) is 0 Å². The molecule has 17 heavy (non-hydrogen) atoms. The molecule has 1 spiro atoms. The lowest BCUT2D eigenvalue weighted by Gasteiger charge is -2.23. The molecule has 1 aliphatic heterocycles. The maximum Gasteiger partial charge on any atom is 0.244 e. The van der Waals surface area contributed by atoms with Gasteiger partial charge in [0.15, 0.2) is 0 Å². The third-order valence-corrected chi connectivity index (χ3v) is 4.04. The number of rotatable bonds is 5. The van der Waals surface area contributed by atoms with Gasteiger partial charge < -0.3 is 9.64 Å². The van der Waals surface area contributed by atoms with Gasteiger partial charge in [-0.1, -0.05) is 26.2 Å². The summed E-state index contributed by atoms with van der Waals surface area (Å²) < 4.78 is 5.11. The third-order valence-electron chi connectivity index (χ3n) is 4.04. The highest BCUT2D eigenvalue weighted by atomic mass is 16.5. The van der Waals surface area contributed by atoms with Crippen molar-refractivity contribution in [2.45, 2.75) is 57.2 Å². The van der Waals surface area contributed by atoms with E-state index >= 15 is 0 Å². The molecule has 1 aliphatic carbocycles. The second-order valence-electron chi connectivity index (χ2n) is 5.23. The van der Waals surface area contributed by atoms with E-state index in [1.165, 1.54) is 12.8 Å². The normalized spacial score (nSPS) is 27.3. The average molecular weight is 240 g/mol. The summed E-state index contributed by atoms with van der Waals surface area (Å²) >= 11 is 0. The van der Waals surface area contributed by atoms with Crippen LogP contribution in [-0.4, -0.2) is 42.8 Å². The highest BCUT2D eigenvalue weighted by Gasteiger charge is 2.51. The lowest BCUT2D eigenvalue weighted by Crippen LogP contribution is -2.44. The number of nitrogens with zero attached hydrogens (tertiary/aromatic N) is 1. The first kappa shape index (κ1) is 12.8. The van der Waals surface area contributed by atoms with Gasteiger partial charge in [-0.15, -0.1) is 0 Å². The SMILES string of the molecule is CCCC1NC2(CCCC2)C(=O)N1CCOC. The largest absolute Gasteiger partial charge is 0.383 e. The summed E-state index contributed by atoms with van der Waals surface area (Å²) in [4.78, 5) is 14.5. The molecule has 2 fully saturated rings. The van der Waals surface area contributed by atoms with Gasteiger partial charge in [-0.25, -0.2) is 0 Å². The quantitative estimate of drug-likeness (QED) is 0.792. The maximum absolute atomic E-state index is 12.5. The Kier molecular flexibility index (Phi) is 4.05. The zero-order valence-electron chi connectivity index (χ0n) is 11.0. The second-order valence-corrected chi connectivity index (χ2v) is 5.23. The summed E-state index contributed by atoms with van der Waals surface area (Å²) in [7, 11) is 1.69. The van der Waals surface area contributed by atoms with Gasteiger partial charge in [-0.3, -0.25) is 10.1 Å². The van der Waals surface area contributed by atoms with Crippen molar-refractivity contribution in [1.29, 1.82) is 0 Å². The molecule has 4 nitrogen and oxygen atoms in total. The van der Waals surface area contributed by atoms with Crippen LogP contribution in [0.3, 0.4) is 0 Å². The Morgan fingerprint density at radius 1 is 1.47 bits per heavy atom. The standard InChI is InChI=1S/C13H24N2O2/c1-3-6-11-14-13(7-4-5-8-13)12(16)15(11)9-10-17-2/h11,14H,3-10H2,1-2H3. The summed E-state index contributed by atoms with van der Waals surface area (Å²) in [6, 6.07) is 0. The number of carbonyl (C=O) groups is 1. The Hall–Kier alpha value is -0.610. The summed E-state index contributed by atoms with van der Waals surface area (Å²) in [6.07, 6.45) is 6.73. The Morgan fingerprint density at radius 2 is 2.18 bits per heavy atom. The van der Waals surface area contributed by atoms with E-state index in [-0.39, 0.29) is 11.7 Å². The lowest BCUT2D eigenvalue weighted by molar-refractivity contribution is -0.133. The molecule has 0 aromatic heterocycles. The Balaban J connectivity index is 2.08. The minimum absolute atomic E-state index is 0.223. The molecule has 1 N–H and O–H groups in total. The molecule has 0 aromatic carbocycles. The number of amides is 1. The number of carbonyl (C=O) groups excluding carboxylic acids is 1. The highest BCUT2D eigenvalue weighted by Crippen LogP contribution is 2.37. The maximum atomic E-state index is 12.5. The van der Waals surface area contributed by atoms with Crippen molar-refractivity contribution < 1.29 is 9.53 Å². The fraction of sp³-hybridized carbons (Fsp3) is 0.923. The predicted molar refractivity (Wildman–Crippen MR) is 66.6 cm³/mol. The van der Waals surface area contributed by atoms with E-state index in [1.807, 2.05) is 4.90 Å². The van der Waals surface area contributed by atoms with Crippen molar-refractivity contribution in [3.63, 3.8) is 0 Å². The van der Waals surface area contributed by atoms with Crippen LogP contribution in [0.25, 0.3) is 0 Å². The number of hydrogen-bond acceptors (Lipinski definition) is 3. The van der Waals surface area contributed by atoms with Crippen LogP contribution < -0.4 is 5.32 Å². The monoisotopic (exact) mass is 240 g/mol. The minimum atomic E-state index is -0.229. The predicted octanol–water partition coefficient (Wildman–Crippen LogP) is 1.50. The molecule has 1 unspecified atom stereocenters. The fourth-order valence-electron chi connectivity index (χ4n) is 3.16. The highest BCUT2D eigenvalue weighted by molar-refractivity contribution is 5.89. The van der Waals surface area contributed by atoms with E-state index in [9.17, 15) is 4.79 Å². The summed E-state index contributed by atoms with van der Waals surface area (Å²) in [5.41, 5.74) is -0.229. The Bertz CT molecular complexity index is 275. The number of ether oxygens (including phenoxy) is 1. The molecule has 0 bridgehead atoms. The van der Waals surface area contributed by atoms with Crippen LogP contribution in [-0.2, 0) is 9.53 Å². The molecule has 2 rings (SSSR count). The topological polar surface area (TPSA) is 41.6 Å². The zero-order valence-corrected chi connectivity index (χ0v) is 11.0. The molecule has 1 heterocycles. The first-order valence-corrected chi connectivity index (χ1v) is 6.81. The van der Waals surface area contributed by atoms with Crippen molar-refractivity contribution in [2.24, 2.45) is 0 Å². The second kappa shape index (κ2) is 5.36. The molecule has 2 aliphatic rings. The average Bonchev–Trinajstić information content (AvgIpc) is 2.87. The summed E-state index contributed by atoms with van der Waals surface area (Å²) in [5, 5.41) is 3.60. The first-order valence-electron chi connectivity index (χ1n) is 6.81. The van der Waals surface area contributed by atoms with E-state index < -0.39 is 0 Å². The van der Waals surface area contributed by atoms with Crippen LogP contribution in [0, 0.1) is 0 Å². The lowest BCUT2D eigenvalue weighted by atomic mass is 9.98. The molecule has 1 amide bonds. The molecule has 1 saturated carbocycles. The molecule has 4 heteroatoms. The van der Waals surface area contributed by atoms with Crippen LogP contribution in [0.5, 0.6) is 0 Å². The van der Waals surface area contributed by atoms with Crippen molar-refractivity contribution in [3.8, 4) is 0 Å². The molecular weight excluding hydrogens is 216 g/mol. The van der Waals surface area contributed by atoms with Crippen LogP contribution in [0.1, 0.15) is 45.4 Å². The van der Waals surface area contributed by atoms with Crippen molar-refractivity contribution in [2.75, 3.05) is 20.3 Å². The van der Waals surface area contributed by atoms with Crippen molar-refractivity contribution >= 4 is 5.91 Å². The molecule has 98 valence electrons. The van der Waals surface area contributed by atoms with E-state index in [1.54, 1.807) is 7.11 Å². The summed E-state index contributed by atoms with van der Waals surface area (Å²) in [5.74, 6) is 0.311. The van der Waals surface area contributed by atoms with Crippen molar-refractivity contribution in [3.05, 3.63) is 0 Å². The van der Waals surface area contributed by atoms with E-state index in [2.05, 4.69) is 12.2 Å². The molecule has 0 aromatic rings. The molecule has 0 radical (unpaired) electrons. The van der Waals surface area contributed by atoms with Crippen molar-refractivity contribution in [1.82, 2.24) is 10.2 Å². The summed E-state index contributed by atoms with van der Waals surface area (Å²) in [6.45, 7) is 3.51. The third kappa shape index (κ3) is 2.33. The van der Waals surface area contributed by atoms with E-state index in [0.29, 0.717) is 12.5 Å². The van der Waals surface area contributed by atoms with Gasteiger partial charge in [-0.05, 0) is 19.3 Å². The molecular formula is C13H24N2O2. The Labute approximate surface area is 104 Å². The van der Waals surface area contributed by atoms with Crippen LogP contribution >= 0.6 is 0 Å². The fourth-order valence-corrected chi connectivity index (χ4v) is 3.16. The van der Waals surface area contributed by atoms with Gasteiger partial charge in [0.1, 0.15) is 0 Å². The number of hydrogen-bond donors (Lipinski definition) is 1. The van der Waals surface area contributed by atoms with Gasteiger partial charge in [0, 0.05) is 13.7 Å². The van der Waals surface area contributed by atoms with Gasteiger partial charge >= 0.3 is 0 Å².